The molecule has 0 unspecified atom stereocenters. The first-order valence-corrected chi connectivity index (χ1v) is 12.8. The molecule has 6 rings (SSSR count). The van der Waals surface area contributed by atoms with Crippen LogP contribution in [0.5, 0.6) is 0 Å². The van der Waals surface area contributed by atoms with Gasteiger partial charge in [0.1, 0.15) is 11.2 Å². The summed E-state index contributed by atoms with van der Waals surface area (Å²) >= 11 is 0. The van der Waals surface area contributed by atoms with Crippen molar-refractivity contribution < 1.29 is 59.9 Å². The fourth-order valence-electron chi connectivity index (χ4n) is 6.49. The first kappa shape index (κ1) is 29.4. The second kappa shape index (κ2) is 12.6. The van der Waals surface area contributed by atoms with E-state index in [2.05, 4.69) is 60.7 Å². The molecule has 7 heteroatoms. The zero-order valence-electron chi connectivity index (χ0n) is 20.5. The third-order valence-electron chi connectivity index (χ3n) is 8.20. The molecular formula is C29H34Br2N2NiO2. The number of ether oxygens (including phenoxy) is 2. The van der Waals surface area contributed by atoms with Crippen LogP contribution in [0.1, 0.15) is 68.9 Å². The number of hydrogen-bond donors (Lipinski definition) is 0. The summed E-state index contributed by atoms with van der Waals surface area (Å²) in [6.07, 6.45) is 11.8. The molecule has 0 bridgehead atoms. The van der Waals surface area contributed by atoms with Gasteiger partial charge in [-0.3, -0.25) is 0 Å². The summed E-state index contributed by atoms with van der Waals surface area (Å²) in [6.45, 7) is 0. The van der Waals surface area contributed by atoms with Crippen molar-refractivity contribution >= 4 is 11.8 Å². The van der Waals surface area contributed by atoms with E-state index in [1.54, 1.807) is 0 Å². The summed E-state index contributed by atoms with van der Waals surface area (Å²) in [5, 5.41) is 0. The molecule has 2 aliphatic carbocycles. The van der Waals surface area contributed by atoms with Crippen LogP contribution < -0.4 is 34.0 Å². The third kappa shape index (κ3) is 5.94. The molecular weight excluding hydrogens is 627 g/mol. The van der Waals surface area contributed by atoms with Gasteiger partial charge in [0, 0.05) is 0 Å². The van der Waals surface area contributed by atoms with E-state index >= 15 is 0 Å². The van der Waals surface area contributed by atoms with Gasteiger partial charge in [-0.2, -0.15) is 0 Å². The van der Waals surface area contributed by atoms with Crippen LogP contribution in [0.25, 0.3) is 0 Å². The van der Waals surface area contributed by atoms with Gasteiger partial charge in [0.2, 0.25) is 0 Å². The molecule has 2 heterocycles. The molecule has 2 atom stereocenters. The quantitative estimate of drug-likeness (QED) is 0.413. The van der Waals surface area contributed by atoms with E-state index in [1.807, 2.05) is 0 Å². The zero-order chi connectivity index (χ0) is 22.1. The Hall–Kier alpha value is -1.17. The molecule has 2 aromatic carbocycles. The number of hydrogen-bond acceptors (Lipinski definition) is 4. The molecule has 36 heavy (non-hydrogen) atoms. The Kier molecular flexibility index (Phi) is 10.3. The van der Waals surface area contributed by atoms with Gasteiger partial charge in [0.05, 0.1) is 18.5 Å². The number of halogens is 2. The van der Waals surface area contributed by atoms with E-state index in [1.165, 1.54) is 36.8 Å². The van der Waals surface area contributed by atoms with Gasteiger partial charge in [0.15, 0.2) is 11.8 Å². The predicted octanol–water partition coefficient (Wildman–Crippen LogP) is 0.0876. The van der Waals surface area contributed by atoms with Crippen molar-refractivity contribution in [3.63, 3.8) is 0 Å². The molecule has 4 nitrogen and oxygen atoms in total. The maximum atomic E-state index is 6.65. The minimum Gasteiger partial charge on any atom is -1.00 e. The molecule has 2 aliphatic heterocycles. The number of nitrogens with zero attached hydrogens (tertiary/aromatic N) is 2. The standard InChI is InChI=1S/C29H34N2O2.2BrH.Ni/c1-3-11-22(12-4-1)19-24-28(15-7-8-16-28)32-26(30-24)21-27-31-25(20-23-13-5-2-6-14-23)29(33-27)17-9-10-18-29;;;/h1-6,11-14,24-25H,7-10,15-21H2;2*1H;/q;;;+2/p-2/t24-,25-;;;/m1.../s1. The first-order chi connectivity index (χ1) is 16.2. The van der Waals surface area contributed by atoms with E-state index in [9.17, 15) is 0 Å². The fraction of sp³-hybridized carbons (Fsp3) is 0.517. The molecule has 2 aromatic rings. The van der Waals surface area contributed by atoms with Gasteiger partial charge in [-0.15, -0.1) is 0 Å². The van der Waals surface area contributed by atoms with Crippen LogP contribution in [0, 0.1) is 0 Å². The first-order valence-electron chi connectivity index (χ1n) is 12.8. The summed E-state index contributed by atoms with van der Waals surface area (Å²) < 4.78 is 13.3. The smallest absolute Gasteiger partial charge is 1.00 e. The van der Waals surface area contributed by atoms with Crippen LogP contribution >= 0.6 is 0 Å². The van der Waals surface area contributed by atoms with E-state index in [0.29, 0.717) is 6.42 Å². The normalized spacial score (nSPS) is 24.7. The average molecular weight is 661 g/mol. The Morgan fingerprint density at radius 1 is 0.611 bits per heavy atom. The summed E-state index contributed by atoms with van der Waals surface area (Å²) in [5.41, 5.74) is 2.42. The van der Waals surface area contributed by atoms with Gasteiger partial charge >= 0.3 is 16.5 Å². The van der Waals surface area contributed by atoms with Crippen LogP contribution in [0.2, 0.25) is 0 Å². The van der Waals surface area contributed by atoms with Crippen LogP contribution in [0.15, 0.2) is 70.6 Å². The van der Waals surface area contributed by atoms with Crippen LogP contribution in [0.3, 0.4) is 0 Å². The Bertz CT molecular complexity index is 952. The fourth-order valence-corrected chi connectivity index (χ4v) is 6.49. The van der Waals surface area contributed by atoms with E-state index in [0.717, 1.165) is 50.3 Å². The molecule has 0 amide bonds. The average Bonchev–Trinajstić information content (AvgIpc) is 3.62. The summed E-state index contributed by atoms with van der Waals surface area (Å²) in [4.78, 5) is 10.3. The van der Waals surface area contributed by atoms with Crippen LogP contribution in [0.4, 0.5) is 0 Å². The maximum Gasteiger partial charge on any atom is 2.00 e. The number of aliphatic imine (C=N–C) groups is 2. The van der Waals surface area contributed by atoms with Crippen molar-refractivity contribution in [2.24, 2.45) is 9.98 Å². The minimum atomic E-state index is -0.126. The predicted molar refractivity (Wildman–Crippen MR) is 132 cm³/mol. The molecule has 2 fully saturated rings. The minimum absolute atomic E-state index is 0. The number of rotatable bonds is 6. The van der Waals surface area contributed by atoms with Gasteiger partial charge in [0.25, 0.3) is 0 Å². The monoisotopic (exact) mass is 658 g/mol. The Labute approximate surface area is 246 Å². The second-order valence-electron chi connectivity index (χ2n) is 10.4. The van der Waals surface area contributed by atoms with Gasteiger partial charge in [-0.1, -0.05) is 60.7 Å². The Balaban J connectivity index is 0.00000120. The maximum absolute atomic E-state index is 6.65. The van der Waals surface area contributed by atoms with E-state index in [-0.39, 0.29) is 73.7 Å². The van der Waals surface area contributed by atoms with Crippen molar-refractivity contribution in [2.45, 2.75) is 93.9 Å². The van der Waals surface area contributed by atoms with Crippen LogP contribution in [-0.2, 0) is 38.8 Å². The Morgan fingerprint density at radius 3 is 1.33 bits per heavy atom. The van der Waals surface area contributed by atoms with Gasteiger partial charge in [-0.25, -0.2) is 9.98 Å². The van der Waals surface area contributed by atoms with Gasteiger partial charge < -0.3 is 43.4 Å². The largest absolute Gasteiger partial charge is 2.00 e. The molecule has 2 saturated carbocycles. The molecule has 196 valence electrons. The SMILES string of the molecule is [Br-].[Br-].[Ni+2].c1ccc(C[C@H]2N=C(CC3=N[C@H](Cc4ccccc4)C4(CCCC4)O3)OC23CCCC3)cc1. The molecule has 0 N–H and O–H groups in total. The van der Waals surface area contributed by atoms with Crippen molar-refractivity contribution in [1.29, 1.82) is 0 Å². The van der Waals surface area contributed by atoms with Crippen molar-refractivity contribution in [2.75, 3.05) is 0 Å². The summed E-state index contributed by atoms with van der Waals surface area (Å²) in [6, 6.07) is 21.8. The molecule has 4 aliphatic rings. The number of benzene rings is 2. The van der Waals surface area contributed by atoms with Crippen LogP contribution in [-0.4, -0.2) is 35.1 Å². The summed E-state index contributed by atoms with van der Waals surface area (Å²) in [5.74, 6) is 1.68. The Morgan fingerprint density at radius 2 is 0.972 bits per heavy atom. The molecule has 2 spiro atoms. The zero-order valence-corrected chi connectivity index (χ0v) is 24.6. The van der Waals surface area contributed by atoms with E-state index < -0.39 is 0 Å². The topological polar surface area (TPSA) is 43.2 Å². The second-order valence-corrected chi connectivity index (χ2v) is 10.4. The summed E-state index contributed by atoms with van der Waals surface area (Å²) in [7, 11) is 0. The van der Waals surface area contributed by atoms with Crippen molar-refractivity contribution in [1.82, 2.24) is 0 Å². The molecule has 0 radical (unpaired) electrons. The van der Waals surface area contributed by atoms with E-state index in [4.69, 9.17) is 19.5 Å². The molecule has 0 aromatic heterocycles. The van der Waals surface area contributed by atoms with Crippen molar-refractivity contribution in [3.05, 3.63) is 71.8 Å². The molecule has 0 saturated heterocycles. The third-order valence-corrected chi connectivity index (χ3v) is 8.20. The van der Waals surface area contributed by atoms with Gasteiger partial charge in [-0.05, 0) is 75.3 Å². The van der Waals surface area contributed by atoms with Crippen molar-refractivity contribution in [3.8, 4) is 0 Å².